The second-order valence-electron chi connectivity index (χ2n) is 3.04. The first kappa shape index (κ1) is 5.69. The molecule has 0 spiro atoms. The van der Waals surface area contributed by atoms with Crippen molar-refractivity contribution in [2.75, 3.05) is 19.6 Å². The number of fused-ring (bicyclic) bond motifs is 3. The monoisotopic (exact) mass is 126 g/mol. The van der Waals surface area contributed by atoms with Gasteiger partial charge in [-0.2, -0.15) is 0 Å². The van der Waals surface area contributed by atoms with Gasteiger partial charge in [0.2, 0.25) is 0 Å². The van der Waals surface area contributed by atoms with Crippen LogP contribution in [0.1, 0.15) is 12.8 Å². The summed E-state index contributed by atoms with van der Waals surface area (Å²) in [6.45, 7) is 3.26. The van der Waals surface area contributed by atoms with Crippen LogP contribution in [0.4, 0.5) is 0 Å². The lowest BCUT2D eigenvalue weighted by Crippen LogP contribution is -2.46. The molecular weight excluding hydrogens is 114 g/mol. The van der Waals surface area contributed by atoms with Crippen molar-refractivity contribution in [3.05, 3.63) is 6.10 Å². The first-order valence-corrected chi connectivity index (χ1v) is 3.63. The van der Waals surface area contributed by atoms with Gasteiger partial charge < -0.3 is 10.0 Å². The third kappa shape index (κ3) is 0.864. The van der Waals surface area contributed by atoms with Gasteiger partial charge in [0.1, 0.15) is 6.10 Å². The van der Waals surface area contributed by atoms with Gasteiger partial charge >= 0.3 is 0 Å². The molecule has 0 amide bonds. The van der Waals surface area contributed by atoms with Crippen LogP contribution < -0.4 is 0 Å². The normalized spacial score (nSPS) is 43.7. The van der Waals surface area contributed by atoms with Crippen LogP contribution in [0.25, 0.3) is 0 Å². The molecule has 2 heteroatoms. The molecule has 0 aliphatic carbocycles. The molecule has 3 saturated heterocycles. The Morgan fingerprint density at radius 1 is 1.33 bits per heavy atom. The number of piperidine rings is 3. The number of aliphatic hydroxyl groups is 1. The minimum absolute atomic E-state index is 0.551. The number of nitrogens with zero attached hydrogens (tertiary/aromatic N) is 1. The maximum atomic E-state index is 9.27. The van der Waals surface area contributed by atoms with E-state index >= 15 is 0 Å². The van der Waals surface area contributed by atoms with E-state index < -0.39 is 0 Å². The molecule has 3 rings (SSSR count). The van der Waals surface area contributed by atoms with Gasteiger partial charge in [0.05, 0.1) is 0 Å². The summed E-state index contributed by atoms with van der Waals surface area (Å²) < 4.78 is 0. The van der Waals surface area contributed by atoms with Gasteiger partial charge in [0.25, 0.3) is 0 Å². The molecule has 3 aliphatic heterocycles. The molecule has 3 aliphatic rings. The number of aliphatic hydroxyl groups excluding tert-OH is 1. The molecule has 0 saturated carbocycles. The van der Waals surface area contributed by atoms with E-state index in [2.05, 4.69) is 4.90 Å². The Morgan fingerprint density at radius 3 is 2.22 bits per heavy atom. The number of hydrogen-bond donors (Lipinski definition) is 1. The molecule has 0 aromatic carbocycles. The maximum Gasteiger partial charge on any atom is 0.110 e. The highest BCUT2D eigenvalue weighted by Gasteiger charge is 2.33. The predicted molar refractivity (Wildman–Crippen MR) is 34.3 cm³/mol. The maximum absolute atomic E-state index is 9.27. The van der Waals surface area contributed by atoms with Crippen LogP contribution >= 0.6 is 0 Å². The van der Waals surface area contributed by atoms with E-state index in [0.29, 0.717) is 5.92 Å². The van der Waals surface area contributed by atoms with Gasteiger partial charge in [-0.15, -0.1) is 0 Å². The standard InChI is InChI=1S/C7H12NO/c9-7-5-8-3-1-6(7)2-4-8/h6,9H,1-5H2. The summed E-state index contributed by atoms with van der Waals surface area (Å²) in [5, 5.41) is 9.27. The number of rotatable bonds is 0. The van der Waals surface area contributed by atoms with Crippen LogP contribution in [-0.4, -0.2) is 29.6 Å². The van der Waals surface area contributed by atoms with Gasteiger partial charge in [-0.1, -0.05) is 0 Å². The van der Waals surface area contributed by atoms with Gasteiger partial charge in [-0.05, 0) is 31.8 Å². The quantitative estimate of drug-likeness (QED) is 0.514. The molecule has 3 heterocycles. The minimum atomic E-state index is 0.551. The zero-order chi connectivity index (χ0) is 6.27. The Kier molecular flexibility index (Phi) is 1.24. The Hall–Kier alpha value is -0.0800. The molecule has 9 heavy (non-hydrogen) atoms. The van der Waals surface area contributed by atoms with Gasteiger partial charge in [0.15, 0.2) is 0 Å². The van der Waals surface area contributed by atoms with Crippen molar-refractivity contribution in [1.82, 2.24) is 4.90 Å². The van der Waals surface area contributed by atoms with Crippen LogP contribution in [-0.2, 0) is 0 Å². The van der Waals surface area contributed by atoms with E-state index in [1.165, 1.54) is 25.9 Å². The van der Waals surface area contributed by atoms with Crippen molar-refractivity contribution in [1.29, 1.82) is 0 Å². The lowest BCUT2D eigenvalue weighted by molar-refractivity contribution is 0.0502. The third-order valence-electron chi connectivity index (χ3n) is 2.44. The fourth-order valence-electron chi connectivity index (χ4n) is 1.78. The fraction of sp³-hybridized carbons (Fsp3) is 0.857. The molecule has 2 bridgehead atoms. The highest BCUT2D eigenvalue weighted by atomic mass is 16.3. The molecule has 2 nitrogen and oxygen atoms in total. The zero-order valence-electron chi connectivity index (χ0n) is 5.51. The summed E-state index contributed by atoms with van der Waals surface area (Å²) in [6, 6.07) is 0. The van der Waals surface area contributed by atoms with E-state index in [4.69, 9.17) is 0 Å². The van der Waals surface area contributed by atoms with Crippen molar-refractivity contribution >= 4 is 0 Å². The van der Waals surface area contributed by atoms with E-state index in [1.54, 1.807) is 0 Å². The van der Waals surface area contributed by atoms with Crippen LogP contribution in [0.3, 0.4) is 0 Å². The molecule has 51 valence electrons. The summed E-state index contributed by atoms with van der Waals surface area (Å²) in [5.74, 6) is 0.551. The minimum Gasteiger partial charge on any atom is -0.385 e. The Morgan fingerprint density at radius 2 is 2.00 bits per heavy atom. The van der Waals surface area contributed by atoms with Crippen molar-refractivity contribution in [3.8, 4) is 0 Å². The number of hydrogen-bond acceptors (Lipinski definition) is 2. The van der Waals surface area contributed by atoms with Crippen molar-refractivity contribution < 1.29 is 5.11 Å². The first-order valence-electron chi connectivity index (χ1n) is 3.63. The summed E-state index contributed by atoms with van der Waals surface area (Å²) >= 11 is 0. The average molecular weight is 126 g/mol. The average Bonchev–Trinajstić information content (AvgIpc) is 1.90. The smallest absolute Gasteiger partial charge is 0.110 e. The molecule has 0 atom stereocenters. The van der Waals surface area contributed by atoms with E-state index in [-0.39, 0.29) is 0 Å². The van der Waals surface area contributed by atoms with Crippen LogP contribution in [0.15, 0.2) is 0 Å². The Labute approximate surface area is 55.5 Å². The largest absolute Gasteiger partial charge is 0.385 e. The second-order valence-corrected chi connectivity index (χ2v) is 3.04. The third-order valence-corrected chi connectivity index (χ3v) is 2.44. The lowest BCUT2D eigenvalue weighted by atomic mass is 9.86. The molecule has 1 radical (unpaired) electrons. The first-order chi connectivity index (χ1) is 4.36. The predicted octanol–water partition coefficient (Wildman–Crippen LogP) is 0.616. The van der Waals surface area contributed by atoms with Crippen LogP contribution in [0.5, 0.6) is 0 Å². The molecule has 3 fully saturated rings. The van der Waals surface area contributed by atoms with Crippen molar-refractivity contribution in [2.45, 2.75) is 12.8 Å². The second kappa shape index (κ2) is 1.96. The lowest BCUT2D eigenvalue weighted by Gasteiger charge is -2.41. The van der Waals surface area contributed by atoms with E-state index in [1.807, 2.05) is 0 Å². The summed E-state index contributed by atoms with van der Waals surface area (Å²) in [6.07, 6.45) is 3.10. The molecule has 0 unspecified atom stereocenters. The van der Waals surface area contributed by atoms with Gasteiger partial charge in [-0.3, -0.25) is 0 Å². The van der Waals surface area contributed by atoms with Gasteiger partial charge in [-0.25, -0.2) is 0 Å². The SMILES string of the molecule is O[C]1CN2CCC1CC2. The van der Waals surface area contributed by atoms with Crippen molar-refractivity contribution in [3.63, 3.8) is 0 Å². The highest BCUT2D eigenvalue weighted by Crippen LogP contribution is 2.31. The Balaban J connectivity index is 2.06. The van der Waals surface area contributed by atoms with Crippen molar-refractivity contribution in [2.24, 2.45) is 5.92 Å². The summed E-state index contributed by atoms with van der Waals surface area (Å²) in [4.78, 5) is 2.31. The molecular formula is C7H12NO. The molecule has 0 aromatic rings. The van der Waals surface area contributed by atoms with E-state index in [0.717, 1.165) is 12.6 Å². The van der Waals surface area contributed by atoms with Crippen LogP contribution in [0.2, 0.25) is 0 Å². The summed E-state index contributed by atoms with van der Waals surface area (Å²) in [7, 11) is 0. The van der Waals surface area contributed by atoms with Gasteiger partial charge in [0, 0.05) is 6.54 Å². The van der Waals surface area contributed by atoms with Crippen LogP contribution in [0, 0.1) is 12.0 Å². The fourth-order valence-corrected chi connectivity index (χ4v) is 1.78. The van der Waals surface area contributed by atoms with E-state index in [9.17, 15) is 5.11 Å². The topological polar surface area (TPSA) is 23.5 Å². The highest BCUT2D eigenvalue weighted by molar-refractivity contribution is 4.97. The Bertz CT molecular complexity index is 107. The molecule has 1 N–H and O–H groups in total. The zero-order valence-corrected chi connectivity index (χ0v) is 5.51. The molecule has 0 aromatic heterocycles. The summed E-state index contributed by atoms with van der Waals surface area (Å²) in [5.41, 5.74) is 0.